The molecule has 2 N–H and O–H groups in total. The van der Waals surface area contributed by atoms with Crippen molar-refractivity contribution in [3.63, 3.8) is 0 Å². The number of ketones is 1. The predicted molar refractivity (Wildman–Crippen MR) is 85.2 cm³/mol. The maximum Gasteiger partial charge on any atom is 0.315 e. The molecular formula is C15H28N2O2S. The number of carbonyl (C=O) groups excluding carboxylic acids is 2. The lowest BCUT2D eigenvalue weighted by Crippen LogP contribution is -2.36. The summed E-state index contributed by atoms with van der Waals surface area (Å²) in [4.78, 5) is 21.9. The van der Waals surface area contributed by atoms with Crippen molar-refractivity contribution in [3.05, 3.63) is 0 Å². The largest absolute Gasteiger partial charge is 0.332 e. The van der Waals surface area contributed by atoms with E-state index in [2.05, 4.69) is 24.5 Å². The lowest BCUT2D eigenvalue weighted by molar-refractivity contribution is -0.117. The molecule has 0 unspecified atom stereocenters. The van der Waals surface area contributed by atoms with Gasteiger partial charge in [0, 0.05) is 17.4 Å². The number of rotatable bonds is 6. The Morgan fingerprint density at radius 1 is 1.25 bits per heavy atom. The molecule has 2 heterocycles. The third-order valence-electron chi connectivity index (χ3n) is 3.71. The smallest absolute Gasteiger partial charge is 0.315 e. The SMILES string of the molecule is CC(=O)CCCC[C@@H]1SC[C@@H]2NC(=O)N[C@@H]21.CCCC. The third kappa shape index (κ3) is 5.73. The van der Waals surface area contributed by atoms with Gasteiger partial charge in [0.05, 0.1) is 12.1 Å². The van der Waals surface area contributed by atoms with Crippen LogP contribution in [-0.4, -0.2) is 34.9 Å². The van der Waals surface area contributed by atoms with Gasteiger partial charge in [-0.05, 0) is 19.8 Å². The standard InChI is InChI=1S/C11H18N2O2S.C4H10/c1-7(14)4-2-3-5-9-10-8(6-16-9)12-11(15)13-10;1-3-4-2/h8-10H,2-6H2,1H3,(H2,12,13,15);3-4H2,1-2H3/t8-,9-,10-;/m0./s1. The first-order valence-electron chi connectivity index (χ1n) is 7.76. The van der Waals surface area contributed by atoms with Crippen LogP contribution in [0.25, 0.3) is 0 Å². The van der Waals surface area contributed by atoms with Crippen LogP contribution < -0.4 is 10.6 Å². The molecule has 0 radical (unpaired) electrons. The zero-order valence-corrected chi connectivity index (χ0v) is 13.7. The summed E-state index contributed by atoms with van der Waals surface area (Å²) in [7, 11) is 0. The summed E-state index contributed by atoms with van der Waals surface area (Å²) < 4.78 is 0. The molecule has 116 valence electrons. The first kappa shape index (κ1) is 17.3. The van der Waals surface area contributed by atoms with Crippen LogP contribution in [0, 0.1) is 0 Å². The van der Waals surface area contributed by atoms with E-state index >= 15 is 0 Å². The molecular weight excluding hydrogens is 272 g/mol. The molecule has 20 heavy (non-hydrogen) atoms. The Morgan fingerprint density at radius 2 is 1.95 bits per heavy atom. The summed E-state index contributed by atoms with van der Waals surface area (Å²) in [5.74, 6) is 1.29. The highest BCUT2D eigenvalue weighted by atomic mass is 32.2. The zero-order valence-electron chi connectivity index (χ0n) is 12.9. The molecule has 2 aliphatic heterocycles. The van der Waals surface area contributed by atoms with E-state index in [0.29, 0.717) is 23.8 Å². The molecule has 0 bridgehead atoms. The minimum absolute atomic E-state index is 0.0240. The van der Waals surface area contributed by atoms with Gasteiger partial charge < -0.3 is 15.4 Å². The van der Waals surface area contributed by atoms with E-state index in [0.717, 1.165) is 25.0 Å². The van der Waals surface area contributed by atoms with Gasteiger partial charge >= 0.3 is 6.03 Å². The molecule has 0 aromatic carbocycles. The monoisotopic (exact) mass is 300 g/mol. The van der Waals surface area contributed by atoms with Crippen LogP contribution in [-0.2, 0) is 4.79 Å². The number of hydrogen-bond acceptors (Lipinski definition) is 3. The average molecular weight is 300 g/mol. The predicted octanol–water partition coefficient (Wildman–Crippen LogP) is 3.11. The molecule has 2 amide bonds. The zero-order chi connectivity index (χ0) is 15.0. The third-order valence-corrected chi connectivity index (χ3v) is 5.21. The van der Waals surface area contributed by atoms with Gasteiger partial charge in [-0.3, -0.25) is 0 Å². The number of hydrogen-bond donors (Lipinski definition) is 2. The maximum atomic E-state index is 11.1. The van der Waals surface area contributed by atoms with Crippen molar-refractivity contribution < 1.29 is 9.59 Å². The summed E-state index contributed by atoms with van der Waals surface area (Å²) >= 11 is 1.93. The van der Waals surface area contributed by atoms with Crippen molar-refractivity contribution >= 4 is 23.6 Å². The molecule has 2 fully saturated rings. The van der Waals surface area contributed by atoms with Crippen LogP contribution in [0.1, 0.15) is 59.3 Å². The van der Waals surface area contributed by atoms with Gasteiger partial charge in [-0.25, -0.2) is 4.79 Å². The summed E-state index contributed by atoms with van der Waals surface area (Å²) in [5.41, 5.74) is 0. The van der Waals surface area contributed by atoms with E-state index in [-0.39, 0.29) is 11.8 Å². The minimum atomic E-state index is -0.0240. The molecule has 5 heteroatoms. The van der Waals surface area contributed by atoms with Crippen LogP contribution in [0.2, 0.25) is 0 Å². The topological polar surface area (TPSA) is 58.2 Å². The van der Waals surface area contributed by atoms with Crippen LogP contribution in [0.5, 0.6) is 0 Å². The lowest BCUT2D eigenvalue weighted by atomic mass is 10.0. The van der Waals surface area contributed by atoms with Crippen LogP contribution in [0.3, 0.4) is 0 Å². The van der Waals surface area contributed by atoms with Gasteiger partial charge in [0.1, 0.15) is 5.78 Å². The Morgan fingerprint density at radius 3 is 2.55 bits per heavy atom. The fourth-order valence-corrected chi connectivity index (χ4v) is 3.91. The Labute approximate surface area is 126 Å². The van der Waals surface area contributed by atoms with Crippen molar-refractivity contribution in [1.82, 2.24) is 10.6 Å². The summed E-state index contributed by atoms with van der Waals surface area (Å²) in [6, 6.07) is 0.592. The van der Waals surface area contributed by atoms with Crippen molar-refractivity contribution in [3.8, 4) is 0 Å². The van der Waals surface area contributed by atoms with E-state index in [1.54, 1.807) is 6.92 Å². The van der Waals surface area contributed by atoms with Crippen LogP contribution in [0.15, 0.2) is 0 Å². The first-order valence-corrected chi connectivity index (χ1v) is 8.81. The van der Waals surface area contributed by atoms with E-state index in [4.69, 9.17) is 0 Å². The normalized spacial score (nSPS) is 27.1. The Hall–Kier alpha value is -0.710. The van der Waals surface area contributed by atoms with Crippen LogP contribution in [0.4, 0.5) is 4.79 Å². The van der Waals surface area contributed by atoms with Crippen LogP contribution >= 0.6 is 11.8 Å². The summed E-state index contributed by atoms with van der Waals surface area (Å²) in [6.45, 7) is 6.00. The molecule has 0 aliphatic carbocycles. The van der Waals surface area contributed by atoms with Crippen molar-refractivity contribution in [2.45, 2.75) is 76.6 Å². The number of amides is 2. The molecule has 2 aliphatic rings. The average Bonchev–Trinajstić information content (AvgIpc) is 2.94. The van der Waals surface area contributed by atoms with E-state index in [1.165, 1.54) is 12.8 Å². The number of thioether (sulfide) groups is 1. The summed E-state index contributed by atoms with van der Waals surface area (Å²) in [6.07, 6.45) is 6.48. The first-order chi connectivity index (χ1) is 9.58. The number of Topliss-reactive ketones (excluding diaryl/α,β-unsaturated/α-hetero) is 1. The quantitative estimate of drug-likeness (QED) is 0.585. The summed E-state index contributed by atoms with van der Waals surface area (Å²) in [5, 5.41) is 6.43. The van der Waals surface area contributed by atoms with Crippen molar-refractivity contribution in [1.29, 1.82) is 0 Å². The van der Waals surface area contributed by atoms with E-state index in [9.17, 15) is 9.59 Å². The fourth-order valence-electron chi connectivity index (χ4n) is 2.36. The molecule has 0 aromatic heterocycles. The molecule has 2 rings (SSSR count). The molecule has 0 aromatic rings. The molecule has 2 saturated heterocycles. The molecule has 0 saturated carbocycles. The van der Waals surface area contributed by atoms with Gasteiger partial charge in [-0.15, -0.1) is 0 Å². The molecule has 4 nitrogen and oxygen atoms in total. The number of nitrogens with one attached hydrogen (secondary N) is 2. The molecule has 0 spiro atoms. The highest BCUT2D eigenvalue weighted by Crippen LogP contribution is 2.33. The highest BCUT2D eigenvalue weighted by molar-refractivity contribution is 8.00. The van der Waals surface area contributed by atoms with Gasteiger partial charge in [0.2, 0.25) is 0 Å². The Kier molecular flexibility index (Phi) is 8.04. The maximum absolute atomic E-state index is 11.1. The second-order valence-corrected chi connectivity index (χ2v) is 6.84. The Balaban J connectivity index is 0.000000444. The van der Waals surface area contributed by atoms with Crippen molar-refractivity contribution in [2.75, 3.05) is 5.75 Å². The lowest BCUT2D eigenvalue weighted by Gasteiger charge is -2.16. The van der Waals surface area contributed by atoms with Gasteiger partial charge in [0.15, 0.2) is 0 Å². The molecule has 3 atom stereocenters. The van der Waals surface area contributed by atoms with E-state index in [1.807, 2.05) is 11.8 Å². The minimum Gasteiger partial charge on any atom is -0.332 e. The number of urea groups is 1. The van der Waals surface area contributed by atoms with E-state index < -0.39 is 0 Å². The van der Waals surface area contributed by atoms with Gasteiger partial charge in [-0.2, -0.15) is 11.8 Å². The Bertz CT molecular complexity index is 321. The number of carbonyl (C=O) groups is 2. The second-order valence-electron chi connectivity index (χ2n) is 5.57. The highest BCUT2D eigenvalue weighted by Gasteiger charge is 2.42. The number of fused-ring (bicyclic) bond motifs is 1. The number of unbranched alkanes of at least 4 members (excludes halogenated alkanes) is 2. The fraction of sp³-hybridized carbons (Fsp3) is 0.867. The van der Waals surface area contributed by atoms with Gasteiger partial charge in [0.25, 0.3) is 0 Å². The second kappa shape index (κ2) is 9.27. The van der Waals surface area contributed by atoms with Crippen molar-refractivity contribution in [2.24, 2.45) is 0 Å². The van der Waals surface area contributed by atoms with Gasteiger partial charge in [-0.1, -0.05) is 33.1 Å².